The van der Waals surface area contributed by atoms with Crippen molar-refractivity contribution in [3.05, 3.63) is 112 Å². The molecule has 3 saturated heterocycles. The zero-order chi connectivity index (χ0) is 48.8. The summed E-state index contributed by atoms with van der Waals surface area (Å²) in [5.41, 5.74) is 2.30. The summed E-state index contributed by atoms with van der Waals surface area (Å²) in [6, 6.07) is 21.2. The molecule has 1 aromatic heterocycles. The summed E-state index contributed by atoms with van der Waals surface area (Å²) in [7, 11) is -4.24. The highest BCUT2D eigenvalue weighted by Crippen LogP contribution is 2.37. The van der Waals surface area contributed by atoms with E-state index < -0.39 is 51.0 Å². The van der Waals surface area contributed by atoms with Crippen molar-refractivity contribution in [2.24, 2.45) is 5.92 Å². The molecule has 5 aliphatic rings. The number of carbonyl (C=O) groups is 3. The Morgan fingerprint density at radius 2 is 1.69 bits per heavy atom. The standard InChI is InChI=1S/C50H51F2N9O8S/c1-2-57(35-22-38(23-35)68-36-7-9-39-31(21-36)27-60(49(39)64)45-13-14-46(62)55-48(45)63)26-30-15-18-58(19-16-30)33-3-5-34(6-4-33)61-29-54-43-11-8-37(24-40(43)50(61)65)69-47-41(25-53)44(12-10-42(47)52)56-70(66,67)59-20-17-32(51)28-59/h3-12,21,24,29-30,32,35,38,45,56H,2,13-20,22-23,26-28H2,1H3,(H,55,62,63)/t32-,35?,38?,45+/m1/s1. The summed E-state index contributed by atoms with van der Waals surface area (Å²) in [5.74, 6) is -1.15. The van der Waals surface area contributed by atoms with Crippen LogP contribution in [-0.2, 0) is 26.3 Å². The van der Waals surface area contributed by atoms with Gasteiger partial charge in [-0.3, -0.25) is 33.8 Å². The molecule has 17 nitrogen and oxygen atoms in total. The molecule has 0 spiro atoms. The van der Waals surface area contributed by atoms with Gasteiger partial charge in [-0.2, -0.15) is 18.0 Å². The normalized spacial score (nSPS) is 22.0. The number of imide groups is 1. The first-order valence-electron chi connectivity index (χ1n) is 23.6. The molecule has 5 heterocycles. The number of aromatic nitrogens is 2. The van der Waals surface area contributed by atoms with Crippen LogP contribution in [0.1, 0.15) is 73.4 Å². The molecule has 10 rings (SSSR count). The minimum Gasteiger partial charge on any atom is -0.490 e. The Labute approximate surface area is 402 Å². The summed E-state index contributed by atoms with van der Waals surface area (Å²) >= 11 is 0. The summed E-state index contributed by atoms with van der Waals surface area (Å²) in [6.07, 6.45) is 4.67. The van der Waals surface area contributed by atoms with Crippen LogP contribution in [0.5, 0.6) is 17.2 Å². The Balaban J connectivity index is 0.725. The summed E-state index contributed by atoms with van der Waals surface area (Å²) in [5, 5.41) is 12.5. The smallest absolute Gasteiger partial charge is 0.301 e. The second-order valence-corrected chi connectivity index (χ2v) is 20.3. The number of anilines is 2. The molecule has 2 atom stereocenters. The number of nitriles is 1. The molecule has 4 fully saturated rings. The number of hydrogen-bond donors (Lipinski definition) is 2. The van der Waals surface area contributed by atoms with E-state index in [2.05, 4.69) is 31.7 Å². The van der Waals surface area contributed by atoms with Crippen LogP contribution in [-0.4, -0.2) is 113 Å². The molecule has 1 saturated carbocycles. The molecule has 5 aromatic rings. The van der Waals surface area contributed by atoms with E-state index in [4.69, 9.17) is 9.47 Å². The maximum Gasteiger partial charge on any atom is 0.301 e. The SMILES string of the molecule is CCN(CC1CCN(c2ccc(-n3cnc4ccc(Oc5c(F)ccc(NS(=O)(=O)N6CC[C@@H](F)C6)c5C#N)cc4c3=O)cc2)CC1)C1CC(Oc2ccc3c(c2)CN([C@H]2CCC(=O)NC2=O)C3=O)C1. The lowest BCUT2D eigenvalue weighted by molar-refractivity contribution is -0.136. The maximum atomic E-state index is 15.2. The van der Waals surface area contributed by atoms with Crippen LogP contribution in [0.3, 0.4) is 0 Å². The van der Waals surface area contributed by atoms with Gasteiger partial charge in [0.25, 0.3) is 11.5 Å². The van der Waals surface area contributed by atoms with Crippen molar-refractivity contribution in [1.82, 2.24) is 29.0 Å². The summed E-state index contributed by atoms with van der Waals surface area (Å²) in [4.78, 5) is 62.0. The van der Waals surface area contributed by atoms with E-state index in [-0.39, 0.29) is 60.7 Å². The number of alkyl halides is 1. The molecule has 4 aromatic carbocycles. The highest BCUT2D eigenvalue weighted by Gasteiger charge is 2.40. The Bertz CT molecular complexity index is 3100. The number of benzene rings is 4. The molecule has 0 bridgehead atoms. The van der Waals surface area contributed by atoms with Crippen LogP contribution in [0.4, 0.5) is 20.2 Å². The number of halogens is 2. The molecule has 1 aliphatic carbocycles. The van der Waals surface area contributed by atoms with E-state index in [0.717, 1.165) is 79.6 Å². The number of hydrogen-bond acceptors (Lipinski definition) is 12. The van der Waals surface area contributed by atoms with Gasteiger partial charge in [0.2, 0.25) is 11.8 Å². The van der Waals surface area contributed by atoms with Crippen molar-refractivity contribution in [3.63, 3.8) is 0 Å². The van der Waals surface area contributed by atoms with Crippen molar-refractivity contribution in [3.8, 4) is 29.0 Å². The van der Waals surface area contributed by atoms with Gasteiger partial charge in [0.1, 0.15) is 47.8 Å². The Morgan fingerprint density at radius 1 is 0.929 bits per heavy atom. The lowest BCUT2D eigenvalue weighted by Gasteiger charge is -2.44. The first-order chi connectivity index (χ1) is 33.7. The molecule has 364 valence electrons. The minimum absolute atomic E-state index is 0.0150. The number of fused-ring (bicyclic) bond motifs is 2. The largest absolute Gasteiger partial charge is 0.490 e. The van der Waals surface area contributed by atoms with Gasteiger partial charge in [0, 0.05) is 75.8 Å². The minimum atomic E-state index is -4.24. The number of nitrogens with one attached hydrogen (secondary N) is 2. The van der Waals surface area contributed by atoms with Crippen LogP contribution in [0.15, 0.2) is 83.9 Å². The monoisotopic (exact) mass is 975 g/mol. The highest BCUT2D eigenvalue weighted by atomic mass is 32.2. The van der Waals surface area contributed by atoms with E-state index in [9.17, 15) is 37.2 Å². The molecule has 0 radical (unpaired) electrons. The number of carbonyl (C=O) groups excluding carboxylic acids is 3. The third-order valence-electron chi connectivity index (χ3n) is 14.2. The van der Waals surface area contributed by atoms with Crippen LogP contribution < -0.4 is 30.0 Å². The third-order valence-corrected chi connectivity index (χ3v) is 15.7. The number of piperidine rings is 2. The van der Waals surface area contributed by atoms with Crippen molar-refractivity contribution >= 4 is 50.2 Å². The van der Waals surface area contributed by atoms with Crippen molar-refractivity contribution in [2.45, 2.75) is 82.8 Å². The van der Waals surface area contributed by atoms with Gasteiger partial charge in [0.15, 0.2) is 11.6 Å². The number of amides is 3. The first kappa shape index (κ1) is 46.8. The van der Waals surface area contributed by atoms with Crippen LogP contribution in [0.25, 0.3) is 16.6 Å². The van der Waals surface area contributed by atoms with Crippen molar-refractivity contribution < 1.29 is 41.1 Å². The second-order valence-electron chi connectivity index (χ2n) is 18.6. The average Bonchev–Trinajstić information content (AvgIpc) is 3.93. The summed E-state index contributed by atoms with van der Waals surface area (Å²) in [6.45, 7) is 5.86. The van der Waals surface area contributed by atoms with Gasteiger partial charge >= 0.3 is 10.2 Å². The van der Waals surface area contributed by atoms with Gasteiger partial charge in [-0.25, -0.2) is 13.8 Å². The Kier molecular flexibility index (Phi) is 12.8. The van der Waals surface area contributed by atoms with Gasteiger partial charge in [-0.15, -0.1) is 0 Å². The molecule has 4 aliphatic heterocycles. The van der Waals surface area contributed by atoms with Crippen LogP contribution in [0, 0.1) is 23.1 Å². The Hall–Kier alpha value is -6.95. The zero-order valence-corrected chi connectivity index (χ0v) is 39.2. The zero-order valence-electron chi connectivity index (χ0n) is 38.4. The third kappa shape index (κ3) is 9.28. The van der Waals surface area contributed by atoms with Crippen LogP contribution in [0.2, 0.25) is 0 Å². The second kappa shape index (κ2) is 19.1. The predicted molar refractivity (Wildman–Crippen MR) is 254 cm³/mol. The van der Waals surface area contributed by atoms with Crippen LogP contribution >= 0.6 is 0 Å². The first-order valence-corrected chi connectivity index (χ1v) is 25.1. The van der Waals surface area contributed by atoms with Crippen molar-refractivity contribution in [2.75, 3.05) is 48.9 Å². The topological polar surface area (TPSA) is 200 Å². The maximum absolute atomic E-state index is 15.2. The van der Waals surface area contributed by atoms with E-state index in [1.54, 1.807) is 17.0 Å². The average molecular weight is 976 g/mol. The van der Waals surface area contributed by atoms with Crippen molar-refractivity contribution in [1.29, 1.82) is 5.26 Å². The molecular weight excluding hydrogens is 925 g/mol. The molecule has 2 N–H and O–H groups in total. The molecule has 70 heavy (non-hydrogen) atoms. The van der Waals surface area contributed by atoms with Gasteiger partial charge in [0.05, 0.1) is 22.3 Å². The van der Waals surface area contributed by atoms with Gasteiger partial charge in [-0.05, 0) is 117 Å². The number of nitrogens with zero attached hydrogens (tertiary/aromatic N) is 7. The lowest BCUT2D eigenvalue weighted by Crippen LogP contribution is -2.52. The fourth-order valence-electron chi connectivity index (χ4n) is 10.2. The molecule has 3 amide bonds. The molecular formula is C50H51F2N9O8S. The highest BCUT2D eigenvalue weighted by molar-refractivity contribution is 7.90. The molecule has 0 unspecified atom stereocenters. The predicted octanol–water partition coefficient (Wildman–Crippen LogP) is 5.80. The fraction of sp³-hybridized carbons (Fsp3) is 0.400. The van der Waals surface area contributed by atoms with E-state index in [0.29, 0.717) is 47.4 Å². The van der Waals surface area contributed by atoms with E-state index >= 15 is 4.39 Å². The molecule has 20 heteroatoms. The Morgan fingerprint density at radius 3 is 2.40 bits per heavy atom. The van der Waals surface area contributed by atoms with Gasteiger partial charge < -0.3 is 24.2 Å². The lowest BCUT2D eigenvalue weighted by atomic mass is 9.86. The number of ether oxygens (including phenoxy) is 2. The quantitative estimate of drug-likeness (QED) is 0.127. The summed E-state index contributed by atoms with van der Waals surface area (Å²) < 4.78 is 71.6. The van der Waals surface area contributed by atoms with Gasteiger partial charge in [-0.1, -0.05) is 6.92 Å². The van der Waals surface area contributed by atoms with E-state index in [1.165, 1.54) is 29.1 Å². The fourth-order valence-corrected chi connectivity index (χ4v) is 11.5. The van der Waals surface area contributed by atoms with E-state index in [1.807, 2.05) is 36.4 Å². The number of rotatable bonds is 14.